The maximum Gasteiger partial charge on any atom is 0.413 e. The van der Waals surface area contributed by atoms with E-state index in [1.807, 2.05) is 43.3 Å². The number of benzene rings is 3. The van der Waals surface area contributed by atoms with Gasteiger partial charge in [-0.2, -0.15) is 0 Å². The lowest BCUT2D eigenvalue weighted by molar-refractivity contribution is -0.0199. The van der Waals surface area contributed by atoms with Gasteiger partial charge in [0.05, 0.1) is 19.3 Å². The summed E-state index contributed by atoms with van der Waals surface area (Å²) in [5.74, 6) is 0.464. The van der Waals surface area contributed by atoms with Crippen LogP contribution in [0.5, 0.6) is 0 Å². The number of hydrogen-bond donors (Lipinski definition) is 2. The number of carboxylic acid groups (broad SMARTS) is 1. The van der Waals surface area contributed by atoms with Gasteiger partial charge in [-0.25, -0.2) is 14.6 Å². The van der Waals surface area contributed by atoms with Crippen LogP contribution in [0.2, 0.25) is 0 Å². The molecule has 2 heterocycles. The van der Waals surface area contributed by atoms with Crippen LogP contribution in [0.3, 0.4) is 0 Å². The van der Waals surface area contributed by atoms with E-state index in [4.69, 9.17) is 9.47 Å². The molecule has 1 saturated heterocycles. The van der Waals surface area contributed by atoms with E-state index in [1.165, 1.54) is 10.3 Å². The predicted molar refractivity (Wildman–Crippen MR) is 149 cm³/mol. The van der Waals surface area contributed by atoms with E-state index in [1.54, 1.807) is 24.4 Å². The number of anilines is 1. The van der Waals surface area contributed by atoms with Gasteiger partial charge in [-0.15, -0.1) is 0 Å². The van der Waals surface area contributed by atoms with E-state index in [-0.39, 0.29) is 12.0 Å². The summed E-state index contributed by atoms with van der Waals surface area (Å²) in [4.78, 5) is 29.5. The van der Waals surface area contributed by atoms with Gasteiger partial charge >= 0.3 is 12.2 Å². The fraction of sp³-hybridized carbons (Fsp3) is 0.258. The van der Waals surface area contributed by atoms with Gasteiger partial charge in [0.1, 0.15) is 11.9 Å². The number of likely N-dealkylation sites (tertiary alicyclic amines) is 1. The molecule has 8 heteroatoms. The van der Waals surface area contributed by atoms with Crippen molar-refractivity contribution in [2.24, 2.45) is 0 Å². The molecule has 2 amide bonds. The normalized spacial score (nSPS) is 17.9. The lowest BCUT2D eigenvalue weighted by Gasteiger charge is -2.37. The van der Waals surface area contributed by atoms with Crippen LogP contribution < -0.4 is 5.32 Å². The molecule has 1 aliphatic heterocycles. The molecule has 0 radical (unpaired) electrons. The molecule has 2 N–H and O–H groups in total. The van der Waals surface area contributed by atoms with Crippen LogP contribution in [0, 0.1) is 0 Å². The molecule has 1 aromatic heterocycles. The molecule has 0 bridgehead atoms. The van der Waals surface area contributed by atoms with Gasteiger partial charge in [-0.05, 0) is 59.0 Å². The number of nitrogens with one attached hydrogen (secondary N) is 1. The average molecular weight is 526 g/mol. The van der Waals surface area contributed by atoms with Crippen LogP contribution in [0.15, 0.2) is 91.1 Å². The Morgan fingerprint density at radius 2 is 1.79 bits per heavy atom. The topological polar surface area (TPSA) is 101 Å². The van der Waals surface area contributed by atoms with E-state index in [2.05, 4.69) is 40.6 Å². The van der Waals surface area contributed by atoms with Crippen LogP contribution in [0.1, 0.15) is 42.1 Å². The number of piperidine rings is 1. The standard InChI is InChI=1S/C31H31N3O5/c1-21(39-30(35)33-29-8-4-5-16-32-29)23-11-13-25(14-12-23)27-15-17-34(31(36)37)19-28(27)38-20-22-9-10-24-6-2-3-7-26(24)18-22/h2-14,16,18,21,27-28H,15,17,19-20H2,1H3,(H,36,37)(H,32,33,35). The van der Waals surface area contributed by atoms with Crippen molar-refractivity contribution in [3.63, 3.8) is 0 Å². The number of nitrogens with zero attached hydrogens (tertiary/aromatic N) is 2. The Morgan fingerprint density at radius 3 is 2.54 bits per heavy atom. The summed E-state index contributed by atoms with van der Waals surface area (Å²) in [5.41, 5.74) is 2.97. The van der Waals surface area contributed by atoms with Crippen molar-refractivity contribution in [2.45, 2.75) is 38.1 Å². The molecule has 4 aromatic rings. The number of rotatable bonds is 7. The number of amides is 2. The van der Waals surface area contributed by atoms with E-state index in [0.717, 1.165) is 22.1 Å². The van der Waals surface area contributed by atoms with Crippen molar-refractivity contribution in [3.05, 3.63) is 108 Å². The van der Waals surface area contributed by atoms with Crippen LogP contribution >= 0.6 is 0 Å². The zero-order valence-electron chi connectivity index (χ0n) is 21.7. The van der Waals surface area contributed by atoms with Crippen molar-refractivity contribution >= 4 is 28.8 Å². The number of fused-ring (bicyclic) bond motifs is 1. The molecule has 1 fully saturated rings. The van der Waals surface area contributed by atoms with E-state index in [0.29, 0.717) is 31.9 Å². The highest BCUT2D eigenvalue weighted by atomic mass is 16.6. The van der Waals surface area contributed by atoms with E-state index < -0.39 is 18.3 Å². The fourth-order valence-electron chi connectivity index (χ4n) is 4.99. The number of aromatic nitrogens is 1. The third-order valence-corrected chi connectivity index (χ3v) is 7.12. The number of hydrogen-bond acceptors (Lipinski definition) is 5. The average Bonchev–Trinajstić information content (AvgIpc) is 2.96. The molecule has 0 aliphatic carbocycles. The highest BCUT2D eigenvalue weighted by Gasteiger charge is 2.33. The highest BCUT2D eigenvalue weighted by molar-refractivity contribution is 5.83. The van der Waals surface area contributed by atoms with Crippen molar-refractivity contribution < 1.29 is 24.2 Å². The Labute approximate surface area is 227 Å². The van der Waals surface area contributed by atoms with Gasteiger partial charge in [0.25, 0.3) is 0 Å². The Hall–Kier alpha value is -4.43. The van der Waals surface area contributed by atoms with Crippen LogP contribution in [-0.2, 0) is 16.1 Å². The number of carbonyl (C=O) groups excluding carboxylic acids is 1. The first kappa shape index (κ1) is 26.2. The lowest BCUT2D eigenvalue weighted by Crippen LogP contribution is -2.46. The van der Waals surface area contributed by atoms with Gasteiger partial charge in [0.2, 0.25) is 0 Å². The Bertz CT molecular complexity index is 1430. The first-order valence-electron chi connectivity index (χ1n) is 13.0. The number of pyridine rings is 1. The molecule has 39 heavy (non-hydrogen) atoms. The van der Waals surface area contributed by atoms with Crippen molar-refractivity contribution in [1.82, 2.24) is 9.88 Å². The van der Waals surface area contributed by atoms with Gasteiger partial charge in [-0.3, -0.25) is 5.32 Å². The molecule has 8 nitrogen and oxygen atoms in total. The quantitative estimate of drug-likeness (QED) is 0.282. The molecule has 3 unspecified atom stereocenters. The van der Waals surface area contributed by atoms with E-state index in [9.17, 15) is 14.7 Å². The van der Waals surface area contributed by atoms with Crippen molar-refractivity contribution in [1.29, 1.82) is 0 Å². The van der Waals surface area contributed by atoms with E-state index >= 15 is 0 Å². The van der Waals surface area contributed by atoms with Crippen molar-refractivity contribution in [3.8, 4) is 0 Å². The molecule has 0 saturated carbocycles. The highest BCUT2D eigenvalue weighted by Crippen LogP contribution is 2.32. The van der Waals surface area contributed by atoms with Gasteiger partial charge in [0.15, 0.2) is 0 Å². The summed E-state index contributed by atoms with van der Waals surface area (Å²) in [6.07, 6.45) is -0.00235. The minimum atomic E-state index is -0.932. The summed E-state index contributed by atoms with van der Waals surface area (Å²) in [6.45, 7) is 2.97. The molecule has 3 aromatic carbocycles. The second-order valence-electron chi connectivity index (χ2n) is 9.71. The summed E-state index contributed by atoms with van der Waals surface area (Å²) >= 11 is 0. The van der Waals surface area contributed by atoms with Crippen LogP contribution in [0.4, 0.5) is 15.4 Å². The largest absolute Gasteiger partial charge is 0.465 e. The SMILES string of the molecule is CC(OC(=O)Nc1ccccn1)c1ccc(C2CCN(C(=O)O)CC2OCc2ccc3ccccc3c2)cc1. The zero-order valence-corrected chi connectivity index (χ0v) is 21.7. The van der Waals surface area contributed by atoms with Crippen LogP contribution in [0.25, 0.3) is 10.8 Å². The second-order valence-corrected chi connectivity index (χ2v) is 9.71. The van der Waals surface area contributed by atoms with Crippen molar-refractivity contribution in [2.75, 3.05) is 18.4 Å². The second kappa shape index (κ2) is 12.0. The Balaban J connectivity index is 1.25. The van der Waals surface area contributed by atoms with Crippen LogP contribution in [-0.4, -0.2) is 46.4 Å². The van der Waals surface area contributed by atoms with Gasteiger partial charge in [0, 0.05) is 18.7 Å². The lowest BCUT2D eigenvalue weighted by atomic mass is 9.86. The number of carbonyl (C=O) groups is 2. The molecule has 3 atom stereocenters. The summed E-state index contributed by atoms with van der Waals surface area (Å²) < 4.78 is 11.9. The first-order chi connectivity index (χ1) is 19.0. The van der Waals surface area contributed by atoms with Gasteiger partial charge in [-0.1, -0.05) is 66.7 Å². The maximum absolute atomic E-state index is 12.3. The first-order valence-corrected chi connectivity index (χ1v) is 13.0. The Kier molecular flexibility index (Phi) is 8.03. The predicted octanol–water partition coefficient (Wildman–Crippen LogP) is 6.60. The van der Waals surface area contributed by atoms with Gasteiger partial charge < -0.3 is 19.5 Å². The number of ether oxygens (including phenoxy) is 2. The smallest absolute Gasteiger partial charge is 0.413 e. The minimum Gasteiger partial charge on any atom is -0.465 e. The Morgan fingerprint density at radius 1 is 1.03 bits per heavy atom. The molecule has 200 valence electrons. The summed E-state index contributed by atoms with van der Waals surface area (Å²) in [7, 11) is 0. The fourth-order valence-corrected chi connectivity index (χ4v) is 4.99. The minimum absolute atomic E-state index is 0.0405. The zero-order chi connectivity index (χ0) is 27.2. The molecule has 0 spiro atoms. The third kappa shape index (κ3) is 6.53. The monoisotopic (exact) mass is 525 g/mol. The molecular formula is C31H31N3O5. The molecular weight excluding hydrogens is 494 g/mol. The third-order valence-electron chi connectivity index (χ3n) is 7.12. The maximum atomic E-state index is 12.3. The summed E-state index contributed by atoms with van der Waals surface area (Å²) in [6, 6.07) is 27.6. The molecule has 5 rings (SSSR count). The summed E-state index contributed by atoms with van der Waals surface area (Å²) in [5, 5.41) is 14.5. The molecule has 1 aliphatic rings.